The molecule has 1 unspecified atom stereocenters. The summed E-state index contributed by atoms with van der Waals surface area (Å²) in [6.45, 7) is 7.55. The maximum atomic E-state index is 6.39. The SMILES string of the molecule is CCC1(CC)CN(C(C)c2ccccc2)c2cc(N)ccc2O1. The van der Waals surface area contributed by atoms with Crippen LogP contribution >= 0.6 is 0 Å². The molecule has 1 heterocycles. The first-order valence-corrected chi connectivity index (χ1v) is 8.48. The van der Waals surface area contributed by atoms with E-state index in [1.54, 1.807) is 0 Å². The second kappa shape index (κ2) is 6.15. The number of anilines is 2. The molecule has 3 nitrogen and oxygen atoms in total. The van der Waals surface area contributed by atoms with Gasteiger partial charge in [-0.15, -0.1) is 0 Å². The summed E-state index contributed by atoms with van der Waals surface area (Å²) in [6, 6.07) is 16.9. The lowest BCUT2D eigenvalue weighted by atomic mass is 9.92. The minimum atomic E-state index is -0.133. The van der Waals surface area contributed by atoms with Crippen molar-refractivity contribution in [2.45, 2.75) is 45.3 Å². The van der Waals surface area contributed by atoms with Gasteiger partial charge in [0.1, 0.15) is 11.4 Å². The summed E-state index contributed by atoms with van der Waals surface area (Å²) >= 11 is 0. The van der Waals surface area contributed by atoms with Gasteiger partial charge in [-0.1, -0.05) is 44.2 Å². The van der Waals surface area contributed by atoms with E-state index in [4.69, 9.17) is 10.5 Å². The van der Waals surface area contributed by atoms with Crippen LogP contribution in [0, 0.1) is 0 Å². The Kier molecular flexibility index (Phi) is 4.20. The lowest BCUT2D eigenvalue weighted by Crippen LogP contribution is -2.51. The number of hydrogen-bond acceptors (Lipinski definition) is 3. The minimum Gasteiger partial charge on any atom is -0.483 e. The van der Waals surface area contributed by atoms with Gasteiger partial charge in [-0.05, 0) is 43.5 Å². The van der Waals surface area contributed by atoms with Crippen LogP contribution in [0.3, 0.4) is 0 Å². The largest absolute Gasteiger partial charge is 0.483 e. The predicted molar refractivity (Wildman–Crippen MR) is 97.0 cm³/mol. The number of nitrogen functional groups attached to an aromatic ring is 1. The number of nitrogens with two attached hydrogens (primary N) is 1. The van der Waals surface area contributed by atoms with Gasteiger partial charge in [0, 0.05) is 5.69 Å². The van der Waals surface area contributed by atoms with Crippen molar-refractivity contribution < 1.29 is 4.74 Å². The fourth-order valence-corrected chi connectivity index (χ4v) is 3.38. The van der Waals surface area contributed by atoms with Crippen molar-refractivity contribution in [1.29, 1.82) is 0 Å². The first-order valence-electron chi connectivity index (χ1n) is 8.48. The summed E-state index contributed by atoms with van der Waals surface area (Å²) in [7, 11) is 0. The molecule has 2 aromatic rings. The molecule has 0 saturated heterocycles. The fourth-order valence-electron chi connectivity index (χ4n) is 3.38. The Labute approximate surface area is 139 Å². The highest BCUT2D eigenvalue weighted by Gasteiger charge is 2.38. The molecule has 0 bridgehead atoms. The Morgan fingerprint density at radius 3 is 2.48 bits per heavy atom. The van der Waals surface area contributed by atoms with Crippen molar-refractivity contribution in [3.63, 3.8) is 0 Å². The minimum absolute atomic E-state index is 0.133. The molecule has 0 radical (unpaired) electrons. The van der Waals surface area contributed by atoms with Crippen LogP contribution in [-0.4, -0.2) is 12.1 Å². The van der Waals surface area contributed by atoms with Crippen molar-refractivity contribution in [1.82, 2.24) is 0 Å². The smallest absolute Gasteiger partial charge is 0.143 e. The van der Waals surface area contributed by atoms with Crippen LogP contribution in [0.15, 0.2) is 48.5 Å². The molecular weight excluding hydrogens is 284 g/mol. The number of benzene rings is 2. The monoisotopic (exact) mass is 310 g/mol. The first kappa shape index (κ1) is 15.7. The summed E-state index contributed by atoms with van der Waals surface area (Å²) < 4.78 is 6.39. The summed E-state index contributed by atoms with van der Waals surface area (Å²) in [5, 5.41) is 0. The second-order valence-corrected chi connectivity index (χ2v) is 6.43. The molecule has 1 atom stereocenters. The second-order valence-electron chi connectivity index (χ2n) is 6.43. The Bertz CT molecular complexity index is 665. The van der Waals surface area contributed by atoms with Gasteiger partial charge in [-0.3, -0.25) is 0 Å². The van der Waals surface area contributed by atoms with Gasteiger partial charge in [0.2, 0.25) is 0 Å². The molecule has 0 saturated carbocycles. The summed E-state index contributed by atoms with van der Waals surface area (Å²) in [4.78, 5) is 2.44. The van der Waals surface area contributed by atoms with Crippen LogP contribution in [-0.2, 0) is 0 Å². The van der Waals surface area contributed by atoms with Crippen molar-refractivity contribution >= 4 is 11.4 Å². The molecule has 122 valence electrons. The van der Waals surface area contributed by atoms with Crippen LogP contribution in [0.25, 0.3) is 0 Å². The topological polar surface area (TPSA) is 38.5 Å². The molecule has 0 fully saturated rings. The third-order valence-corrected chi connectivity index (χ3v) is 5.12. The van der Waals surface area contributed by atoms with Gasteiger partial charge in [0.25, 0.3) is 0 Å². The molecular formula is C20H26N2O. The van der Waals surface area contributed by atoms with Crippen molar-refractivity contribution in [3.8, 4) is 5.75 Å². The van der Waals surface area contributed by atoms with Crippen molar-refractivity contribution in [2.75, 3.05) is 17.2 Å². The molecule has 2 N–H and O–H groups in total. The third kappa shape index (κ3) is 2.88. The van der Waals surface area contributed by atoms with Gasteiger partial charge in [-0.2, -0.15) is 0 Å². The van der Waals surface area contributed by atoms with E-state index in [0.29, 0.717) is 0 Å². The quantitative estimate of drug-likeness (QED) is 0.825. The van der Waals surface area contributed by atoms with E-state index in [-0.39, 0.29) is 11.6 Å². The highest BCUT2D eigenvalue weighted by molar-refractivity contribution is 5.67. The molecule has 2 aromatic carbocycles. The average molecular weight is 310 g/mol. The number of rotatable bonds is 4. The van der Waals surface area contributed by atoms with Crippen molar-refractivity contribution in [2.24, 2.45) is 0 Å². The van der Waals surface area contributed by atoms with E-state index in [2.05, 4.69) is 56.0 Å². The standard InChI is InChI=1S/C20H26N2O/c1-4-20(5-2)14-22(15(3)16-9-7-6-8-10-16)18-13-17(21)11-12-19(18)23-20/h6-13,15H,4-5,14,21H2,1-3H3. The van der Waals surface area contributed by atoms with E-state index >= 15 is 0 Å². The van der Waals surface area contributed by atoms with Crippen LogP contribution in [0.1, 0.15) is 45.2 Å². The highest BCUT2D eigenvalue weighted by atomic mass is 16.5. The third-order valence-electron chi connectivity index (χ3n) is 5.12. The predicted octanol–water partition coefficient (Wildman–Crippen LogP) is 4.79. The van der Waals surface area contributed by atoms with Gasteiger partial charge < -0.3 is 15.4 Å². The Morgan fingerprint density at radius 1 is 1.13 bits per heavy atom. The number of fused-ring (bicyclic) bond motifs is 1. The van der Waals surface area contributed by atoms with Crippen LogP contribution in [0.5, 0.6) is 5.75 Å². The maximum absolute atomic E-state index is 6.39. The van der Waals surface area contributed by atoms with E-state index in [1.807, 2.05) is 18.2 Å². The number of hydrogen-bond donors (Lipinski definition) is 1. The summed E-state index contributed by atoms with van der Waals surface area (Å²) in [5.74, 6) is 0.942. The van der Waals surface area contributed by atoms with Crippen LogP contribution in [0.2, 0.25) is 0 Å². The Hall–Kier alpha value is -2.16. The molecule has 3 heteroatoms. The summed E-state index contributed by atoms with van der Waals surface area (Å²) in [6.07, 6.45) is 1.98. The lowest BCUT2D eigenvalue weighted by molar-refractivity contribution is 0.0552. The molecule has 0 amide bonds. The average Bonchev–Trinajstić information content (AvgIpc) is 2.61. The number of nitrogens with zero attached hydrogens (tertiary/aromatic N) is 1. The Morgan fingerprint density at radius 2 is 1.83 bits per heavy atom. The fraction of sp³-hybridized carbons (Fsp3) is 0.400. The van der Waals surface area contributed by atoms with Gasteiger partial charge in [-0.25, -0.2) is 0 Å². The maximum Gasteiger partial charge on any atom is 0.143 e. The van der Waals surface area contributed by atoms with Gasteiger partial charge >= 0.3 is 0 Å². The molecule has 0 spiro atoms. The lowest BCUT2D eigenvalue weighted by Gasteiger charge is -2.46. The molecule has 1 aliphatic heterocycles. The molecule has 1 aliphatic rings. The highest BCUT2D eigenvalue weighted by Crippen LogP contribution is 2.44. The van der Waals surface area contributed by atoms with Crippen molar-refractivity contribution in [3.05, 3.63) is 54.1 Å². The first-order chi connectivity index (χ1) is 11.1. The molecule has 23 heavy (non-hydrogen) atoms. The van der Waals surface area contributed by atoms with Crippen LogP contribution < -0.4 is 15.4 Å². The zero-order valence-corrected chi connectivity index (χ0v) is 14.3. The van der Waals surface area contributed by atoms with E-state index in [0.717, 1.165) is 36.5 Å². The molecule has 0 aromatic heterocycles. The van der Waals surface area contributed by atoms with E-state index in [1.165, 1.54) is 5.56 Å². The molecule has 3 rings (SSSR count). The zero-order valence-electron chi connectivity index (χ0n) is 14.3. The zero-order chi connectivity index (χ0) is 16.4. The van der Waals surface area contributed by atoms with Crippen LogP contribution in [0.4, 0.5) is 11.4 Å². The van der Waals surface area contributed by atoms with E-state index in [9.17, 15) is 0 Å². The van der Waals surface area contributed by atoms with Gasteiger partial charge in [0.15, 0.2) is 0 Å². The normalized spacial score (nSPS) is 17.3. The Balaban J connectivity index is 2.05. The molecule has 0 aliphatic carbocycles. The van der Waals surface area contributed by atoms with Gasteiger partial charge in [0.05, 0.1) is 18.3 Å². The summed E-state index contributed by atoms with van der Waals surface area (Å²) in [5.41, 5.74) is 9.08. The number of ether oxygens (including phenoxy) is 1. The van der Waals surface area contributed by atoms with E-state index < -0.39 is 0 Å².